The monoisotopic (exact) mass is 267 g/mol. The summed E-state index contributed by atoms with van der Waals surface area (Å²) in [6.45, 7) is 7.01. The minimum Gasteiger partial charge on any atom is -0.330 e. The number of likely N-dealkylation sites (tertiary alicyclic amines) is 1. The highest BCUT2D eigenvalue weighted by Gasteiger charge is 2.37. The van der Waals surface area contributed by atoms with Crippen LogP contribution in [0.15, 0.2) is 0 Å². The first kappa shape index (κ1) is 15.3. The van der Waals surface area contributed by atoms with Gasteiger partial charge in [0.2, 0.25) is 0 Å². The molecule has 1 aliphatic heterocycles. The minimum atomic E-state index is 0.418. The Kier molecular flexibility index (Phi) is 5.27. The van der Waals surface area contributed by atoms with E-state index in [1.165, 1.54) is 58.2 Å². The molecule has 1 saturated heterocycles. The largest absolute Gasteiger partial charge is 0.330 e. The third-order valence-electron chi connectivity index (χ3n) is 5.38. The topological polar surface area (TPSA) is 32.5 Å². The van der Waals surface area contributed by atoms with E-state index >= 15 is 0 Å². The van der Waals surface area contributed by atoms with Crippen LogP contribution in [0.4, 0.5) is 0 Å². The van der Waals surface area contributed by atoms with Gasteiger partial charge in [0.15, 0.2) is 0 Å². The van der Waals surface area contributed by atoms with Gasteiger partial charge in [0.1, 0.15) is 0 Å². The molecular weight excluding hydrogens is 234 g/mol. The molecule has 0 bridgehead atoms. The quantitative estimate of drug-likeness (QED) is 0.828. The Morgan fingerprint density at radius 3 is 2.47 bits per heavy atom. The normalized spacial score (nSPS) is 37.1. The fraction of sp³-hybridized carbons (Fsp3) is 1.00. The number of nitrogens with zero attached hydrogens (tertiary/aromatic N) is 2. The van der Waals surface area contributed by atoms with Crippen molar-refractivity contribution < 1.29 is 0 Å². The number of likely N-dealkylation sites (N-methyl/N-ethyl adjacent to an activating group) is 1. The summed E-state index contributed by atoms with van der Waals surface area (Å²) >= 11 is 0. The maximum absolute atomic E-state index is 6.17. The first-order valence-corrected chi connectivity index (χ1v) is 8.13. The second kappa shape index (κ2) is 6.55. The van der Waals surface area contributed by atoms with Gasteiger partial charge in [0.25, 0.3) is 0 Å². The van der Waals surface area contributed by atoms with Crippen LogP contribution >= 0.6 is 0 Å². The van der Waals surface area contributed by atoms with Gasteiger partial charge in [-0.15, -0.1) is 0 Å². The third kappa shape index (κ3) is 3.93. The number of rotatable bonds is 5. The van der Waals surface area contributed by atoms with Crippen LogP contribution in [0.3, 0.4) is 0 Å². The standard InChI is InChI=1S/C16H33N3/c1-14-6-8-16(12-17,9-7-14)13-19-10-4-5-15(19)11-18(2)3/h14-15H,4-13,17H2,1-3H3. The highest BCUT2D eigenvalue weighted by molar-refractivity contribution is 4.92. The van der Waals surface area contributed by atoms with Crippen molar-refractivity contribution in [2.45, 2.75) is 51.5 Å². The summed E-state index contributed by atoms with van der Waals surface area (Å²) in [6, 6.07) is 0.762. The van der Waals surface area contributed by atoms with E-state index in [0.717, 1.165) is 18.5 Å². The molecule has 0 aromatic carbocycles. The van der Waals surface area contributed by atoms with Crippen molar-refractivity contribution >= 4 is 0 Å². The number of hydrogen-bond donors (Lipinski definition) is 1. The van der Waals surface area contributed by atoms with Crippen molar-refractivity contribution in [1.29, 1.82) is 0 Å². The zero-order valence-electron chi connectivity index (χ0n) is 13.2. The molecule has 1 heterocycles. The van der Waals surface area contributed by atoms with E-state index < -0.39 is 0 Å². The Balaban J connectivity index is 1.93. The summed E-state index contributed by atoms with van der Waals surface area (Å²) in [5, 5.41) is 0. The molecule has 1 saturated carbocycles. The lowest BCUT2D eigenvalue weighted by molar-refractivity contribution is 0.0809. The fourth-order valence-electron chi connectivity index (χ4n) is 3.96. The summed E-state index contributed by atoms with van der Waals surface area (Å²) < 4.78 is 0. The van der Waals surface area contributed by atoms with Gasteiger partial charge in [-0.2, -0.15) is 0 Å². The molecule has 1 atom stereocenters. The average molecular weight is 267 g/mol. The van der Waals surface area contributed by atoms with Gasteiger partial charge in [-0.1, -0.05) is 19.8 Å². The van der Waals surface area contributed by atoms with Crippen LogP contribution in [0.25, 0.3) is 0 Å². The molecule has 1 unspecified atom stereocenters. The third-order valence-corrected chi connectivity index (χ3v) is 5.38. The van der Waals surface area contributed by atoms with Crippen molar-refractivity contribution in [2.24, 2.45) is 17.1 Å². The first-order chi connectivity index (χ1) is 9.04. The molecule has 0 radical (unpaired) electrons. The van der Waals surface area contributed by atoms with Crippen LogP contribution in [-0.4, -0.2) is 56.1 Å². The zero-order chi connectivity index (χ0) is 13.9. The number of hydrogen-bond acceptors (Lipinski definition) is 3. The lowest BCUT2D eigenvalue weighted by Crippen LogP contribution is -2.48. The van der Waals surface area contributed by atoms with Crippen LogP contribution in [0, 0.1) is 11.3 Å². The van der Waals surface area contributed by atoms with E-state index in [9.17, 15) is 0 Å². The first-order valence-electron chi connectivity index (χ1n) is 8.13. The van der Waals surface area contributed by atoms with Gasteiger partial charge in [-0.25, -0.2) is 0 Å². The second-order valence-corrected chi connectivity index (χ2v) is 7.42. The van der Waals surface area contributed by atoms with Crippen LogP contribution in [0.2, 0.25) is 0 Å². The molecule has 3 nitrogen and oxygen atoms in total. The van der Waals surface area contributed by atoms with Gasteiger partial charge >= 0.3 is 0 Å². The molecule has 2 aliphatic rings. The fourth-order valence-corrected chi connectivity index (χ4v) is 3.96. The molecule has 1 aliphatic carbocycles. The van der Waals surface area contributed by atoms with Gasteiger partial charge < -0.3 is 10.6 Å². The average Bonchev–Trinajstić information content (AvgIpc) is 2.79. The predicted octanol–water partition coefficient (Wildman–Crippen LogP) is 2.17. The smallest absolute Gasteiger partial charge is 0.0223 e. The summed E-state index contributed by atoms with van der Waals surface area (Å²) in [4.78, 5) is 5.07. The summed E-state index contributed by atoms with van der Waals surface area (Å²) in [5.74, 6) is 0.913. The Hall–Kier alpha value is -0.120. The molecule has 2 N–H and O–H groups in total. The highest BCUT2D eigenvalue weighted by Crippen LogP contribution is 2.39. The van der Waals surface area contributed by atoms with Crippen LogP contribution < -0.4 is 5.73 Å². The summed E-state index contributed by atoms with van der Waals surface area (Å²) in [6.07, 6.45) is 8.18. The molecule has 2 rings (SSSR count). The van der Waals surface area contributed by atoms with E-state index in [1.54, 1.807) is 0 Å². The molecule has 0 amide bonds. The van der Waals surface area contributed by atoms with Crippen molar-refractivity contribution in [3.8, 4) is 0 Å². The molecule has 112 valence electrons. The lowest BCUT2D eigenvalue weighted by atomic mass is 9.70. The van der Waals surface area contributed by atoms with E-state index in [0.29, 0.717) is 5.41 Å². The van der Waals surface area contributed by atoms with Crippen molar-refractivity contribution in [3.63, 3.8) is 0 Å². The van der Waals surface area contributed by atoms with Gasteiger partial charge in [-0.3, -0.25) is 4.90 Å². The summed E-state index contributed by atoms with van der Waals surface area (Å²) in [5.41, 5.74) is 6.59. The highest BCUT2D eigenvalue weighted by atomic mass is 15.2. The van der Waals surface area contributed by atoms with Gasteiger partial charge in [-0.05, 0) is 64.2 Å². The van der Waals surface area contributed by atoms with Crippen molar-refractivity contribution in [1.82, 2.24) is 9.80 Å². The Morgan fingerprint density at radius 2 is 1.89 bits per heavy atom. The van der Waals surface area contributed by atoms with E-state index in [4.69, 9.17) is 5.73 Å². The van der Waals surface area contributed by atoms with Gasteiger partial charge in [0.05, 0.1) is 0 Å². The van der Waals surface area contributed by atoms with E-state index in [1.807, 2.05) is 0 Å². The molecule has 0 spiro atoms. The van der Waals surface area contributed by atoms with Crippen molar-refractivity contribution in [2.75, 3.05) is 40.3 Å². The molecule has 3 heteroatoms. The molecule has 0 aromatic rings. The molecule has 2 fully saturated rings. The Labute approximate surface area is 119 Å². The summed E-state index contributed by atoms with van der Waals surface area (Å²) in [7, 11) is 4.38. The zero-order valence-corrected chi connectivity index (χ0v) is 13.2. The molecule has 0 aromatic heterocycles. The maximum atomic E-state index is 6.17. The van der Waals surface area contributed by atoms with Crippen molar-refractivity contribution in [3.05, 3.63) is 0 Å². The maximum Gasteiger partial charge on any atom is 0.0223 e. The molecule has 19 heavy (non-hydrogen) atoms. The van der Waals surface area contributed by atoms with Crippen LogP contribution in [0.1, 0.15) is 45.4 Å². The minimum absolute atomic E-state index is 0.418. The van der Waals surface area contributed by atoms with Gasteiger partial charge in [0, 0.05) is 19.1 Å². The predicted molar refractivity (Wildman–Crippen MR) is 82.3 cm³/mol. The SMILES string of the molecule is CC1CCC(CN)(CN2CCCC2CN(C)C)CC1. The second-order valence-electron chi connectivity index (χ2n) is 7.42. The Morgan fingerprint density at radius 1 is 1.21 bits per heavy atom. The number of nitrogens with two attached hydrogens (primary N) is 1. The van der Waals surface area contributed by atoms with Crippen LogP contribution in [0.5, 0.6) is 0 Å². The van der Waals surface area contributed by atoms with E-state index in [2.05, 4.69) is 30.8 Å². The molecular formula is C16H33N3. The van der Waals surface area contributed by atoms with Crippen LogP contribution in [-0.2, 0) is 0 Å². The lowest BCUT2D eigenvalue weighted by Gasteiger charge is -2.43. The van der Waals surface area contributed by atoms with E-state index in [-0.39, 0.29) is 0 Å². The Bertz CT molecular complexity index is 269.